The van der Waals surface area contributed by atoms with Crippen LogP contribution in [0.5, 0.6) is 0 Å². The average molecular weight is 351 g/mol. The molecule has 4 rings (SSSR count). The van der Waals surface area contributed by atoms with E-state index in [0.29, 0.717) is 18.7 Å². The highest BCUT2D eigenvalue weighted by Gasteiger charge is 2.29. The van der Waals surface area contributed by atoms with Gasteiger partial charge in [0.15, 0.2) is 0 Å². The Kier molecular flexibility index (Phi) is 4.13. The van der Waals surface area contributed by atoms with E-state index in [1.54, 1.807) is 6.20 Å². The Labute approximate surface area is 154 Å². The topological polar surface area (TPSA) is 62.2 Å². The number of hydrogen-bond acceptors (Lipinski definition) is 5. The summed E-state index contributed by atoms with van der Waals surface area (Å²) >= 11 is 0. The SMILES string of the molecule is CC(C)(C)c1ncc2c(n1)CN(c1ncccc1C(=O)N1CCCC1)C2. The summed E-state index contributed by atoms with van der Waals surface area (Å²) in [7, 11) is 0. The van der Waals surface area contributed by atoms with Crippen molar-refractivity contribution in [1.29, 1.82) is 0 Å². The highest BCUT2D eigenvalue weighted by Crippen LogP contribution is 2.30. The Balaban J connectivity index is 1.62. The number of carbonyl (C=O) groups excluding carboxylic acids is 1. The van der Waals surface area contributed by atoms with Crippen molar-refractivity contribution in [2.75, 3.05) is 18.0 Å². The van der Waals surface area contributed by atoms with E-state index in [4.69, 9.17) is 4.98 Å². The Morgan fingerprint density at radius 1 is 1.12 bits per heavy atom. The van der Waals surface area contributed by atoms with Gasteiger partial charge in [0.2, 0.25) is 0 Å². The lowest BCUT2D eigenvalue weighted by molar-refractivity contribution is 0.0793. The van der Waals surface area contributed by atoms with Gasteiger partial charge >= 0.3 is 0 Å². The summed E-state index contributed by atoms with van der Waals surface area (Å²) in [4.78, 5) is 30.8. The van der Waals surface area contributed by atoms with Crippen molar-refractivity contribution in [3.63, 3.8) is 0 Å². The Morgan fingerprint density at radius 3 is 2.62 bits per heavy atom. The molecular weight excluding hydrogens is 326 g/mol. The van der Waals surface area contributed by atoms with Gasteiger partial charge in [0, 0.05) is 43.0 Å². The van der Waals surface area contributed by atoms with Gasteiger partial charge in [-0.3, -0.25) is 4.79 Å². The lowest BCUT2D eigenvalue weighted by atomic mass is 9.95. The lowest BCUT2D eigenvalue weighted by Gasteiger charge is -2.22. The molecule has 0 atom stereocenters. The molecule has 0 N–H and O–H groups in total. The van der Waals surface area contributed by atoms with Gasteiger partial charge in [-0.15, -0.1) is 0 Å². The van der Waals surface area contributed by atoms with Gasteiger partial charge in [0.1, 0.15) is 11.6 Å². The molecule has 4 heterocycles. The fourth-order valence-corrected chi connectivity index (χ4v) is 3.57. The fourth-order valence-electron chi connectivity index (χ4n) is 3.57. The van der Waals surface area contributed by atoms with Gasteiger partial charge in [0.25, 0.3) is 5.91 Å². The maximum atomic E-state index is 12.9. The summed E-state index contributed by atoms with van der Waals surface area (Å²) in [5.41, 5.74) is 2.76. The second kappa shape index (κ2) is 6.34. The summed E-state index contributed by atoms with van der Waals surface area (Å²) in [5.74, 6) is 1.69. The van der Waals surface area contributed by atoms with E-state index in [2.05, 4.69) is 35.6 Å². The molecule has 0 bridgehead atoms. The van der Waals surface area contributed by atoms with E-state index < -0.39 is 0 Å². The van der Waals surface area contributed by atoms with Crippen LogP contribution in [0.3, 0.4) is 0 Å². The van der Waals surface area contributed by atoms with Crippen molar-refractivity contribution in [2.24, 2.45) is 0 Å². The van der Waals surface area contributed by atoms with Gasteiger partial charge in [-0.05, 0) is 25.0 Å². The molecule has 6 heteroatoms. The summed E-state index contributed by atoms with van der Waals surface area (Å²) < 4.78 is 0. The number of rotatable bonds is 2. The molecule has 2 aromatic heterocycles. The normalized spacial score (nSPS) is 16.9. The van der Waals surface area contributed by atoms with Crippen molar-refractivity contribution in [3.8, 4) is 0 Å². The van der Waals surface area contributed by atoms with Crippen molar-refractivity contribution in [2.45, 2.75) is 52.1 Å². The van der Waals surface area contributed by atoms with Crippen LogP contribution in [0.4, 0.5) is 5.82 Å². The van der Waals surface area contributed by atoms with Crippen LogP contribution in [0.15, 0.2) is 24.5 Å². The molecule has 2 aliphatic rings. The predicted octanol–water partition coefficient (Wildman–Crippen LogP) is 2.93. The molecule has 0 aliphatic carbocycles. The molecule has 1 amide bonds. The molecule has 1 saturated heterocycles. The molecule has 1 fully saturated rings. The van der Waals surface area contributed by atoms with E-state index in [0.717, 1.165) is 48.8 Å². The number of fused-ring (bicyclic) bond motifs is 1. The van der Waals surface area contributed by atoms with Gasteiger partial charge in [0.05, 0.1) is 17.8 Å². The molecule has 26 heavy (non-hydrogen) atoms. The first-order chi connectivity index (χ1) is 12.4. The third-order valence-electron chi connectivity index (χ3n) is 5.04. The smallest absolute Gasteiger partial charge is 0.257 e. The second-order valence-electron chi connectivity index (χ2n) is 8.15. The summed E-state index contributed by atoms with van der Waals surface area (Å²) in [6, 6.07) is 3.73. The molecule has 2 aromatic rings. The third kappa shape index (κ3) is 3.04. The molecule has 6 nitrogen and oxygen atoms in total. The van der Waals surface area contributed by atoms with E-state index >= 15 is 0 Å². The molecule has 0 aromatic carbocycles. The molecule has 136 valence electrons. The van der Waals surface area contributed by atoms with Gasteiger partial charge in [-0.1, -0.05) is 20.8 Å². The van der Waals surface area contributed by atoms with Crippen LogP contribution in [0.1, 0.15) is 61.1 Å². The van der Waals surface area contributed by atoms with Crippen LogP contribution >= 0.6 is 0 Å². The lowest BCUT2D eigenvalue weighted by Crippen LogP contribution is -2.30. The van der Waals surface area contributed by atoms with Crippen LogP contribution < -0.4 is 4.90 Å². The van der Waals surface area contributed by atoms with E-state index in [1.807, 2.05) is 23.2 Å². The first kappa shape index (κ1) is 16.9. The number of amides is 1. The quantitative estimate of drug-likeness (QED) is 0.832. The van der Waals surface area contributed by atoms with Gasteiger partial charge in [-0.25, -0.2) is 15.0 Å². The summed E-state index contributed by atoms with van der Waals surface area (Å²) in [5, 5.41) is 0. The van der Waals surface area contributed by atoms with Gasteiger partial charge in [-0.2, -0.15) is 0 Å². The number of likely N-dealkylation sites (tertiary alicyclic amines) is 1. The van der Waals surface area contributed by atoms with Crippen LogP contribution in [0.2, 0.25) is 0 Å². The highest BCUT2D eigenvalue weighted by molar-refractivity contribution is 5.99. The number of carbonyl (C=O) groups is 1. The number of aromatic nitrogens is 3. The van der Waals surface area contributed by atoms with Crippen molar-refractivity contribution < 1.29 is 4.79 Å². The van der Waals surface area contributed by atoms with Crippen molar-refractivity contribution in [1.82, 2.24) is 19.9 Å². The Morgan fingerprint density at radius 2 is 1.88 bits per heavy atom. The van der Waals surface area contributed by atoms with Crippen LogP contribution in [-0.2, 0) is 18.5 Å². The standard InChI is InChI=1S/C20H25N5O/c1-20(2,3)19-22-11-14-12-25(13-16(14)23-19)17-15(7-6-8-21-17)18(26)24-9-4-5-10-24/h6-8,11H,4-5,9-10,12-13H2,1-3H3. The number of hydrogen-bond donors (Lipinski definition) is 0. The average Bonchev–Trinajstić information content (AvgIpc) is 3.29. The van der Waals surface area contributed by atoms with E-state index in [-0.39, 0.29) is 11.3 Å². The monoisotopic (exact) mass is 351 g/mol. The molecule has 2 aliphatic heterocycles. The molecule has 0 spiro atoms. The van der Waals surface area contributed by atoms with Crippen molar-refractivity contribution in [3.05, 3.63) is 47.2 Å². The third-order valence-corrected chi connectivity index (χ3v) is 5.04. The second-order valence-corrected chi connectivity index (χ2v) is 8.15. The zero-order valence-electron chi connectivity index (χ0n) is 15.7. The Hall–Kier alpha value is -2.50. The van der Waals surface area contributed by atoms with Crippen LogP contribution in [-0.4, -0.2) is 38.8 Å². The maximum Gasteiger partial charge on any atom is 0.257 e. The summed E-state index contributed by atoms with van der Waals surface area (Å²) in [6.07, 6.45) is 5.85. The molecule has 0 unspecified atom stereocenters. The largest absolute Gasteiger partial charge is 0.346 e. The number of anilines is 1. The summed E-state index contributed by atoms with van der Waals surface area (Å²) in [6.45, 7) is 9.39. The first-order valence-corrected chi connectivity index (χ1v) is 9.28. The molecular formula is C20H25N5O. The number of pyridine rings is 1. The van der Waals surface area contributed by atoms with E-state index in [9.17, 15) is 4.79 Å². The number of nitrogens with zero attached hydrogens (tertiary/aromatic N) is 5. The minimum Gasteiger partial charge on any atom is -0.346 e. The van der Waals surface area contributed by atoms with Crippen molar-refractivity contribution >= 4 is 11.7 Å². The first-order valence-electron chi connectivity index (χ1n) is 9.28. The van der Waals surface area contributed by atoms with Gasteiger partial charge < -0.3 is 9.80 Å². The van der Waals surface area contributed by atoms with Crippen LogP contribution in [0, 0.1) is 0 Å². The zero-order valence-corrected chi connectivity index (χ0v) is 15.7. The molecule has 0 saturated carbocycles. The predicted molar refractivity (Wildman–Crippen MR) is 100.0 cm³/mol. The highest BCUT2D eigenvalue weighted by atomic mass is 16.2. The van der Waals surface area contributed by atoms with E-state index in [1.165, 1.54) is 0 Å². The minimum absolute atomic E-state index is 0.0790. The zero-order chi connectivity index (χ0) is 18.3. The maximum absolute atomic E-state index is 12.9. The van der Waals surface area contributed by atoms with Crippen LogP contribution in [0.25, 0.3) is 0 Å². The Bertz CT molecular complexity index is 836. The fraction of sp³-hybridized carbons (Fsp3) is 0.500. The minimum atomic E-state index is -0.0790. The molecule has 0 radical (unpaired) electrons.